The molecule has 1 rings (SSSR count). The Kier molecular flexibility index (Phi) is 3.08. The predicted octanol–water partition coefficient (Wildman–Crippen LogP) is 1.40. The van der Waals surface area contributed by atoms with Crippen LogP contribution in [0.2, 0.25) is 0 Å². The zero-order chi connectivity index (χ0) is 9.84. The number of rotatable bonds is 3. The van der Waals surface area contributed by atoms with E-state index in [0.717, 1.165) is 0 Å². The second kappa shape index (κ2) is 4.09. The zero-order valence-corrected chi connectivity index (χ0v) is 7.20. The van der Waals surface area contributed by atoms with Gasteiger partial charge in [0.1, 0.15) is 24.3 Å². The summed E-state index contributed by atoms with van der Waals surface area (Å²) in [4.78, 5) is 0. The predicted molar refractivity (Wildman–Crippen MR) is 45.6 cm³/mol. The Labute approximate surface area is 75.4 Å². The van der Waals surface area contributed by atoms with Crippen LogP contribution in [0.1, 0.15) is 11.7 Å². The van der Waals surface area contributed by atoms with Gasteiger partial charge in [0.05, 0.1) is 7.11 Å². The molecule has 3 nitrogen and oxygen atoms in total. The van der Waals surface area contributed by atoms with Crippen molar-refractivity contribution in [3.63, 3.8) is 0 Å². The van der Waals surface area contributed by atoms with Crippen LogP contribution in [0, 0.1) is 0 Å². The summed E-state index contributed by atoms with van der Waals surface area (Å²) in [5.41, 5.74) is 0.170. The molecule has 0 fully saturated rings. The van der Waals surface area contributed by atoms with Crippen molar-refractivity contribution in [2.75, 3.05) is 13.8 Å². The lowest BCUT2D eigenvalue weighted by Gasteiger charge is -2.09. The van der Waals surface area contributed by atoms with Crippen molar-refractivity contribution in [2.24, 2.45) is 0 Å². The van der Waals surface area contributed by atoms with Gasteiger partial charge in [-0.25, -0.2) is 4.39 Å². The van der Waals surface area contributed by atoms with Crippen LogP contribution >= 0.6 is 0 Å². The van der Waals surface area contributed by atoms with E-state index in [9.17, 15) is 9.50 Å². The number of hydrogen-bond acceptors (Lipinski definition) is 3. The molecule has 1 unspecified atom stereocenters. The van der Waals surface area contributed by atoms with Gasteiger partial charge in [-0.3, -0.25) is 0 Å². The van der Waals surface area contributed by atoms with Crippen molar-refractivity contribution in [1.82, 2.24) is 0 Å². The number of hydrogen-bond donors (Lipinski definition) is 2. The molecule has 1 atom stereocenters. The minimum absolute atomic E-state index is 0.162. The minimum atomic E-state index is -1.27. The highest BCUT2D eigenvalue weighted by atomic mass is 19.1. The largest absolute Gasteiger partial charge is 0.507 e. The number of ether oxygens (including phenoxy) is 1. The van der Waals surface area contributed by atoms with Gasteiger partial charge < -0.3 is 14.9 Å². The van der Waals surface area contributed by atoms with E-state index in [2.05, 4.69) is 0 Å². The van der Waals surface area contributed by atoms with E-state index >= 15 is 0 Å². The second-order valence-corrected chi connectivity index (χ2v) is 2.59. The number of aromatic hydroxyl groups is 1. The van der Waals surface area contributed by atoms with E-state index in [1.54, 1.807) is 6.07 Å². The normalized spacial score (nSPS) is 12.5. The summed E-state index contributed by atoms with van der Waals surface area (Å²) in [6, 6.07) is 4.31. The number of methoxy groups -OCH3 is 1. The van der Waals surface area contributed by atoms with Crippen LogP contribution in [0.15, 0.2) is 18.2 Å². The first kappa shape index (κ1) is 9.80. The van der Waals surface area contributed by atoms with Gasteiger partial charge in [0.25, 0.3) is 0 Å². The molecule has 0 bridgehead atoms. The lowest BCUT2D eigenvalue weighted by molar-refractivity contribution is 0.138. The van der Waals surface area contributed by atoms with Crippen LogP contribution in [0.5, 0.6) is 11.5 Å². The highest BCUT2D eigenvalue weighted by Gasteiger charge is 2.12. The number of benzene rings is 1. The van der Waals surface area contributed by atoms with Crippen LogP contribution in [0.4, 0.5) is 4.39 Å². The van der Waals surface area contributed by atoms with Crippen molar-refractivity contribution in [2.45, 2.75) is 6.10 Å². The van der Waals surface area contributed by atoms with Gasteiger partial charge in [-0.1, -0.05) is 0 Å². The maximum atomic E-state index is 12.0. The SMILES string of the molecule is COc1ccc(C(O)CF)c(O)c1. The molecule has 13 heavy (non-hydrogen) atoms. The van der Waals surface area contributed by atoms with E-state index in [4.69, 9.17) is 9.84 Å². The van der Waals surface area contributed by atoms with Crippen molar-refractivity contribution in [3.05, 3.63) is 23.8 Å². The second-order valence-electron chi connectivity index (χ2n) is 2.59. The third-order valence-electron chi connectivity index (χ3n) is 1.74. The molecule has 4 heteroatoms. The van der Waals surface area contributed by atoms with E-state index in [-0.39, 0.29) is 11.3 Å². The van der Waals surface area contributed by atoms with E-state index in [0.29, 0.717) is 5.75 Å². The molecule has 1 aromatic rings. The Hall–Kier alpha value is -1.29. The first-order valence-corrected chi connectivity index (χ1v) is 3.80. The smallest absolute Gasteiger partial charge is 0.125 e. The van der Waals surface area contributed by atoms with Crippen LogP contribution in [0.3, 0.4) is 0 Å². The summed E-state index contributed by atoms with van der Waals surface area (Å²) in [6.07, 6.45) is -1.27. The zero-order valence-electron chi connectivity index (χ0n) is 7.20. The summed E-state index contributed by atoms with van der Waals surface area (Å²) in [7, 11) is 1.46. The summed E-state index contributed by atoms with van der Waals surface area (Å²) in [5, 5.41) is 18.4. The minimum Gasteiger partial charge on any atom is -0.507 e. The van der Waals surface area contributed by atoms with Crippen molar-refractivity contribution < 1.29 is 19.3 Å². The molecule has 0 spiro atoms. The standard InChI is InChI=1S/C9H11FO3/c1-13-6-2-3-7(8(11)4-6)9(12)5-10/h2-4,9,11-12H,5H2,1H3. The first-order valence-electron chi connectivity index (χ1n) is 3.80. The molecule has 0 saturated heterocycles. The molecule has 72 valence electrons. The fourth-order valence-electron chi connectivity index (χ4n) is 1.02. The summed E-state index contributed by atoms with van der Waals surface area (Å²) in [6.45, 7) is -0.917. The highest BCUT2D eigenvalue weighted by molar-refractivity contribution is 5.40. The number of aliphatic hydroxyl groups is 1. The Bertz CT molecular complexity index is 288. The van der Waals surface area contributed by atoms with E-state index in [1.807, 2.05) is 0 Å². The van der Waals surface area contributed by atoms with Crippen molar-refractivity contribution >= 4 is 0 Å². The molecular weight excluding hydrogens is 175 g/mol. The summed E-state index contributed by atoms with van der Waals surface area (Å²) in [5.74, 6) is 0.303. The molecule has 0 radical (unpaired) electrons. The molecule has 0 aromatic heterocycles. The number of phenols is 1. The first-order chi connectivity index (χ1) is 6.19. The summed E-state index contributed by atoms with van der Waals surface area (Å²) >= 11 is 0. The van der Waals surface area contributed by atoms with Gasteiger partial charge >= 0.3 is 0 Å². The van der Waals surface area contributed by atoms with Crippen molar-refractivity contribution in [3.8, 4) is 11.5 Å². The lowest BCUT2D eigenvalue weighted by Crippen LogP contribution is -1.99. The number of alkyl halides is 1. The van der Waals surface area contributed by atoms with Gasteiger partial charge in [-0.05, 0) is 12.1 Å². The average Bonchev–Trinajstić information content (AvgIpc) is 2.16. The van der Waals surface area contributed by atoms with E-state index < -0.39 is 12.8 Å². The van der Waals surface area contributed by atoms with Gasteiger partial charge in [-0.15, -0.1) is 0 Å². The topological polar surface area (TPSA) is 49.7 Å². The third kappa shape index (κ3) is 2.09. The van der Waals surface area contributed by atoms with E-state index in [1.165, 1.54) is 19.2 Å². The molecule has 0 amide bonds. The molecule has 0 aliphatic carbocycles. The van der Waals surface area contributed by atoms with Gasteiger partial charge in [0, 0.05) is 11.6 Å². The van der Waals surface area contributed by atoms with Gasteiger partial charge in [0.15, 0.2) is 0 Å². The number of halogens is 1. The molecule has 1 aromatic carbocycles. The Balaban J connectivity index is 2.98. The Morgan fingerprint density at radius 2 is 2.23 bits per heavy atom. The quantitative estimate of drug-likeness (QED) is 0.750. The fraction of sp³-hybridized carbons (Fsp3) is 0.333. The molecule has 0 aliphatic rings. The lowest BCUT2D eigenvalue weighted by atomic mass is 10.1. The Morgan fingerprint density at radius 1 is 1.54 bits per heavy atom. The van der Waals surface area contributed by atoms with Crippen molar-refractivity contribution in [1.29, 1.82) is 0 Å². The summed E-state index contributed by atoms with van der Waals surface area (Å²) < 4.78 is 16.9. The van der Waals surface area contributed by atoms with Crippen LogP contribution in [-0.2, 0) is 0 Å². The molecule has 2 N–H and O–H groups in total. The maximum absolute atomic E-state index is 12.0. The fourth-order valence-corrected chi connectivity index (χ4v) is 1.02. The molecule has 0 saturated carbocycles. The number of aliphatic hydroxyl groups excluding tert-OH is 1. The van der Waals surface area contributed by atoms with Gasteiger partial charge in [-0.2, -0.15) is 0 Å². The van der Waals surface area contributed by atoms with Crippen LogP contribution in [-0.4, -0.2) is 24.0 Å². The molecular formula is C9H11FO3. The van der Waals surface area contributed by atoms with Crippen LogP contribution < -0.4 is 4.74 Å². The third-order valence-corrected chi connectivity index (χ3v) is 1.74. The monoisotopic (exact) mass is 186 g/mol. The molecule has 0 heterocycles. The van der Waals surface area contributed by atoms with Gasteiger partial charge in [0.2, 0.25) is 0 Å². The molecule has 0 aliphatic heterocycles. The Morgan fingerprint density at radius 3 is 2.69 bits per heavy atom. The number of phenolic OH excluding ortho intramolecular Hbond substituents is 1. The maximum Gasteiger partial charge on any atom is 0.125 e. The highest BCUT2D eigenvalue weighted by Crippen LogP contribution is 2.28. The van der Waals surface area contributed by atoms with Crippen LogP contribution in [0.25, 0.3) is 0 Å². The average molecular weight is 186 g/mol.